The first-order valence-corrected chi connectivity index (χ1v) is 5.51. The Hall–Kier alpha value is -0.580. The summed E-state index contributed by atoms with van der Waals surface area (Å²) in [5, 5.41) is 7.58. The SMILES string of the molecule is CCOCCCNCc1c(C)cnn1C.Cl. The topological polar surface area (TPSA) is 39.1 Å². The van der Waals surface area contributed by atoms with E-state index in [1.54, 1.807) is 0 Å². The van der Waals surface area contributed by atoms with Crippen LogP contribution in [0.5, 0.6) is 0 Å². The van der Waals surface area contributed by atoms with Crippen LogP contribution in [0.15, 0.2) is 6.20 Å². The monoisotopic (exact) mass is 247 g/mol. The Labute approximate surface area is 104 Å². The van der Waals surface area contributed by atoms with Crippen molar-refractivity contribution in [1.82, 2.24) is 15.1 Å². The van der Waals surface area contributed by atoms with Gasteiger partial charge in [-0.05, 0) is 32.4 Å². The largest absolute Gasteiger partial charge is 0.382 e. The van der Waals surface area contributed by atoms with Gasteiger partial charge in [0.25, 0.3) is 0 Å². The van der Waals surface area contributed by atoms with Gasteiger partial charge in [0.1, 0.15) is 0 Å². The van der Waals surface area contributed by atoms with Crippen LogP contribution in [0.2, 0.25) is 0 Å². The van der Waals surface area contributed by atoms with Crippen LogP contribution in [-0.4, -0.2) is 29.5 Å². The molecule has 0 unspecified atom stereocenters. The summed E-state index contributed by atoms with van der Waals surface area (Å²) in [6.45, 7) is 7.63. The number of nitrogens with one attached hydrogen (secondary N) is 1. The van der Waals surface area contributed by atoms with E-state index >= 15 is 0 Å². The Kier molecular flexibility index (Phi) is 8.25. The first-order valence-electron chi connectivity index (χ1n) is 5.51. The zero-order chi connectivity index (χ0) is 11.1. The molecule has 0 amide bonds. The zero-order valence-corrected chi connectivity index (χ0v) is 11.1. The third kappa shape index (κ3) is 4.96. The predicted molar refractivity (Wildman–Crippen MR) is 68.0 cm³/mol. The number of hydrogen-bond acceptors (Lipinski definition) is 3. The van der Waals surface area contributed by atoms with Crippen molar-refractivity contribution in [2.45, 2.75) is 26.8 Å². The lowest BCUT2D eigenvalue weighted by Crippen LogP contribution is -2.18. The average Bonchev–Trinajstić information content (AvgIpc) is 2.54. The number of nitrogens with zero attached hydrogens (tertiary/aromatic N) is 2. The van der Waals surface area contributed by atoms with Crippen LogP contribution in [-0.2, 0) is 18.3 Å². The lowest BCUT2D eigenvalue weighted by atomic mass is 10.3. The molecule has 4 nitrogen and oxygen atoms in total. The molecule has 0 saturated carbocycles. The Morgan fingerprint density at radius 3 is 2.81 bits per heavy atom. The van der Waals surface area contributed by atoms with Crippen molar-refractivity contribution in [2.75, 3.05) is 19.8 Å². The van der Waals surface area contributed by atoms with E-state index < -0.39 is 0 Å². The molecule has 0 aliphatic carbocycles. The fourth-order valence-electron chi connectivity index (χ4n) is 1.48. The van der Waals surface area contributed by atoms with Gasteiger partial charge in [-0.3, -0.25) is 4.68 Å². The van der Waals surface area contributed by atoms with E-state index in [0.717, 1.165) is 32.7 Å². The second-order valence-electron chi connectivity index (χ2n) is 3.63. The normalized spacial score (nSPS) is 10.2. The number of ether oxygens (including phenoxy) is 1. The minimum absolute atomic E-state index is 0. The number of aromatic nitrogens is 2. The van der Waals surface area contributed by atoms with Gasteiger partial charge >= 0.3 is 0 Å². The van der Waals surface area contributed by atoms with Gasteiger partial charge in [-0.15, -0.1) is 12.4 Å². The third-order valence-corrected chi connectivity index (χ3v) is 2.41. The number of rotatable bonds is 7. The van der Waals surface area contributed by atoms with Gasteiger partial charge in [0.05, 0.1) is 11.9 Å². The molecule has 0 aliphatic heterocycles. The van der Waals surface area contributed by atoms with Crippen molar-refractivity contribution in [3.8, 4) is 0 Å². The molecule has 1 heterocycles. The summed E-state index contributed by atoms with van der Waals surface area (Å²) in [4.78, 5) is 0. The van der Waals surface area contributed by atoms with Crippen LogP contribution in [0.25, 0.3) is 0 Å². The molecule has 0 atom stereocenters. The third-order valence-electron chi connectivity index (χ3n) is 2.41. The fourth-order valence-corrected chi connectivity index (χ4v) is 1.48. The van der Waals surface area contributed by atoms with Crippen molar-refractivity contribution in [1.29, 1.82) is 0 Å². The van der Waals surface area contributed by atoms with E-state index in [0.29, 0.717) is 0 Å². The Bertz CT molecular complexity index is 269. The van der Waals surface area contributed by atoms with Crippen molar-refractivity contribution in [3.63, 3.8) is 0 Å². The summed E-state index contributed by atoms with van der Waals surface area (Å²) in [5.74, 6) is 0. The highest BCUT2D eigenvalue weighted by Crippen LogP contribution is 2.04. The van der Waals surface area contributed by atoms with E-state index in [9.17, 15) is 0 Å². The lowest BCUT2D eigenvalue weighted by molar-refractivity contribution is 0.144. The molecule has 0 bridgehead atoms. The molecule has 0 aliphatic rings. The summed E-state index contributed by atoms with van der Waals surface area (Å²) in [7, 11) is 1.98. The van der Waals surface area contributed by atoms with Gasteiger partial charge in [0, 0.05) is 26.8 Å². The predicted octanol–water partition coefficient (Wildman–Crippen LogP) is 1.67. The molecule has 0 aromatic carbocycles. The van der Waals surface area contributed by atoms with Gasteiger partial charge in [-0.2, -0.15) is 5.10 Å². The first kappa shape index (κ1) is 15.4. The maximum atomic E-state index is 5.26. The molecular formula is C11H22ClN3O. The smallest absolute Gasteiger partial charge is 0.0547 e. The molecule has 1 aromatic rings. The molecule has 5 heteroatoms. The maximum absolute atomic E-state index is 5.26. The molecule has 0 fully saturated rings. The van der Waals surface area contributed by atoms with Gasteiger partial charge in [-0.1, -0.05) is 0 Å². The second kappa shape index (κ2) is 8.56. The first-order chi connectivity index (χ1) is 7.25. The molecule has 16 heavy (non-hydrogen) atoms. The second-order valence-corrected chi connectivity index (χ2v) is 3.63. The highest BCUT2D eigenvalue weighted by atomic mass is 35.5. The van der Waals surface area contributed by atoms with Crippen LogP contribution in [0, 0.1) is 6.92 Å². The van der Waals surface area contributed by atoms with E-state index in [2.05, 4.69) is 17.3 Å². The van der Waals surface area contributed by atoms with Gasteiger partial charge in [0.2, 0.25) is 0 Å². The Balaban J connectivity index is 0.00000225. The van der Waals surface area contributed by atoms with Crippen molar-refractivity contribution in [3.05, 3.63) is 17.5 Å². The van der Waals surface area contributed by atoms with Gasteiger partial charge < -0.3 is 10.1 Å². The molecule has 94 valence electrons. The van der Waals surface area contributed by atoms with Crippen LogP contribution in [0.4, 0.5) is 0 Å². The highest BCUT2D eigenvalue weighted by molar-refractivity contribution is 5.85. The standard InChI is InChI=1S/C11H21N3O.ClH/c1-4-15-7-5-6-12-9-11-10(2)8-13-14(11)3;/h8,12H,4-7,9H2,1-3H3;1H. The zero-order valence-electron chi connectivity index (χ0n) is 10.3. The lowest BCUT2D eigenvalue weighted by Gasteiger charge is -2.06. The van der Waals surface area contributed by atoms with Crippen molar-refractivity contribution < 1.29 is 4.74 Å². The Morgan fingerprint density at radius 1 is 1.50 bits per heavy atom. The summed E-state index contributed by atoms with van der Waals surface area (Å²) in [6, 6.07) is 0. The summed E-state index contributed by atoms with van der Waals surface area (Å²) < 4.78 is 7.18. The molecule has 0 spiro atoms. The van der Waals surface area contributed by atoms with E-state index in [4.69, 9.17) is 4.74 Å². The molecule has 1 aromatic heterocycles. The fraction of sp³-hybridized carbons (Fsp3) is 0.727. The van der Waals surface area contributed by atoms with E-state index in [1.807, 2.05) is 24.9 Å². The maximum Gasteiger partial charge on any atom is 0.0547 e. The highest BCUT2D eigenvalue weighted by Gasteiger charge is 2.02. The van der Waals surface area contributed by atoms with E-state index in [-0.39, 0.29) is 12.4 Å². The average molecular weight is 248 g/mol. The quantitative estimate of drug-likeness (QED) is 0.745. The number of halogens is 1. The van der Waals surface area contributed by atoms with E-state index in [1.165, 1.54) is 11.3 Å². The van der Waals surface area contributed by atoms with Crippen LogP contribution in [0.1, 0.15) is 24.6 Å². The summed E-state index contributed by atoms with van der Waals surface area (Å²) >= 11 is 0. The molecular weight excluding hydrogens is 226 g/mol. The summed E-state index contributed by atoms with van der Waals surface area (Å²) in [5.41, 5.74) is 2.50. The molecule has 0 saturated heterocycles. The molecule has 1 N–H and O–H groups in total. The van der Waals surface area contributed by atoms with Gasteiger partial charge in [0.15, 0.2) is 0 Å². The van der Waals surface area contributed by atoms with Crippen LogP contribution in [0.3, 0.4) is 0 Å². The minimum atomic E-state index is 0. The number of aryl methyl sites for hydroxylation is 2. The van der Waals surface area contributed by atoms with Crippen LogP contribution < -0.4 is 5.32 Å². The van der Waals surface area contributed by atoms with Gasteiger partial charge in [-0.25, -0.2) is 0 Å². The van der Waals surface area contributed by atoms with Crippen molar-refractivity contribution >= 4 is 12.4 Å². The molecule has 1 rings (SSSR count). The minimum Gasteiger partial charge on any atom is -0.382 e. The molecule has 0 radical (unpaired) electrons. The Morgan fingerprint density at radius 2 is 2.25 bits per heavy atom. The van der Waals surface area contributed by atoms with Crippen molar-refractivity contribution in [2.24, 2.45) is 7.05 Å². The number of hydrogen-bond donors (Lipinski definition) is 1. The van der Waals surface area contributed by atoms with Crippen LogP contribution >= 0.6 is 12.4 Å². The summed E-state index contributed by atoms with van der Waals surface area (Å²) in [6.07, 6.45) is 2.96.